The second-order valence-corrected chi connectivity index (χ2v) is 5.87. The predicted octanol–water partition coefficient (Wildman–Crippen LogP) is 1.48. The van der Waals surface area contributed by atoms with Crippen molar-refractivity contribution >= 4 is 0 Å². The number of likely N-dealkylation sites (N-methyl/N-ethyl adjacent to an activating group) is 1. The Kier molecular flexibility index (Phi) is 3.54. The Morgan fingerprint density at radius 1 is 1.47 bits per heavy atom. The van der Waals surface area contributed by atoms with Crippen LogP contribution < -0.4 is 5.32 Å². The Morgan fingerprint density at radius 2 is 2.18 bits per heavy atom. The molecule has 0 amide bonds. The van der Waals surface area contributed by atoms with Gasteiger partial charge in [-0.3, -0.25) is 0 Å². The van der Waals surface area contributed by atoms with E-state index in [1.54, 1.807) is 0 Å². The minimum atomic E-state index is 0.148. The molecule has 1 aliphatic carbocycles. The van der Waals surface area contributed by atoms with Crippen molar-refractivity contribution in [2.24, 2.45) is 0 Å². The molecule has 0 bridgehead atoms. The van der Waals surface area contributed by atoms with Gasteiger partial charge in [0.15, 0.2) is 0 Å². The van der Waals surface area contributed by atoms with E-state index in [1.165, 1.54) is 18.5 Å². The number of nitrogens with one attached hydrogen (secondary N) is 1. The fraction of sp³-hybridized carbons (Fsp3) is 0.769. The van der Waals surface area contributed by atoms with E-state index in [0.717, 1.165) is 19.1 Å². The Labute approximate surface area is 104 Å². The summed E-state index contributed by atoms with van der Waals surface area (Å²) in [6.07, 6.45) is 6.57. The highest BCUT2D eigenvalue weighted by Gasteiger charge is 2.23. The van der Waals surface area contributed by atoms with Gasteiger partial charge in [-0.2, -0.15) is 0 Å². The largest absolute Gasteiger partial charge is 0.332 e. The van der Waals surface area contributed by atoms with Crippen LogP contribution in [0.4, 0.5) is 0 Å². The fourth-order valence-corrected chi connectivity index (χ4v) is 1.73. The van der Waals surface area contributed by atoms with Gasteiger partial charge in [0.2, 0.25) is 0 Å². The Balaban J connectivity index is 1.97. The molecule has 1 N–H and O–H groups in total. The Bertz CT molecular complexity index is 363. The highest BCUT2D eigenvalue weighted by Crippen LogP contribution is 2.20. The van der Waals surface area contributed by atoms with E-state index in [2.05, 4.69) is 47.7 Å². The van der Waals surface area contributed by atoms with Crippen molar-refractivity contribution in [1.82, 2.24) is 19.8 Å². The molecule has 2 rings (SSSR count). The first-order chi connectivity index (χ1) is 7.99. The second kappa shape index (κ2) is 4.78. The van der Waals surface area contributed by atoms with Crippen molar-refractivity contribution in [2.75, 3.05) is 14.1 Å². The first-order valence-electron chi connectivity index (χ1n) is 6.39. The average molecular weight is 236 g/mol. The highest BCUT2D eigenvalue weighted by molar-refractivity contribution is 5.01. The van der Waals surface area contributed by atoms with E-state index in [-0.39, 0.29) is 5.54 Å². The number of imidazole rings is 1. The maximum absolute atomic E-state index is 4.27. The van der Waals surface area contributed by atoms with E-state index in [1.807, 2.05) is 12.5 Å². The molecule has 1 fully saturated rings. The lowest BCUT2D eigenvalue weighted by Crippen LogP contribution is -2.42. The minimum absolute atomic E-state index is 0.148. The van der Waals surface area contributed by atoms with Crippen molar-refractivity contribution in [3.63, 3.8) is 0 Å². The van der Waals surface area contributed by atoms with Gasteiger partial charge >= 0.3 is 0 Å². The predicted molar refractivity (Wildman–Crippen MR) is 69.9 cm³/mol. The summed E-state index contributed by atoms with van der Waals surface area (Å²) in [6, 6.07) is 0.750. The average Bonchev–Trinajstić information content (AvgIpc) is 2.97. The number of hydrogen-bond acceptors (Lipinski definition) is 3. The number of nitrogens with zero attached hydrogens (tertiary/aromatic N) is 3. The van der Waals surface area contributed by atoms with Crippen LogP contribution in [-0.4, -0.2) is 40.1 Å². The van der Waals surface area contributed by atoms with Crippen LogP contribution in [-0.2, 0) is 13.1 Å². The van der Waals surface area contributed by atoms with Gasteiger partial charge in [0.25, 0.3) is 0 Å². The SMILES string of the molecule is CN(C)C(C)(C)Cn1cncc1CNC1CC1. The lowest BCUT2D eigenvalue weighted by molar-refractivity contribution is 0.168. The second-order valence-electron chi connectivity index (χ2n) is 5.87. The third-order valence-electron chi connectivity index (χ3n) is 3.72. The van der Waals surface area contributed by atoms with Crippen LogP contribution >= 0.6 is 0 Å². The van der Waals surface area contributed by atoms with Crippen molar-refractivity contribution < 1.29 is 0 Å². The lowest BCUT2D eigenvalue weighted by Gasteiger charge is -2.33. The van der Waals surface area contributed by atoms with Crippen LogP contribution in [0.5, 0.6) is 0 Å². The summed E-state index contributed by atoms with van der Waals surface area (Å²) in [6.45, 7) is 6.42. The summed E-state index contributed by atoms with van der Waals surface area (Å²) >= 11 is 0. The highest BCUT2D eigenvalue weighted by atomic mass is 15.2. The molecule has 0 aromatic carbocycles. The molecule has 4 nitrogen and oxygen atoms in total. The standard InChI is InChI=1S/C13H24N4/c1-13(2,16(3)4)9-17-10-14-7-12(17)8-15-11-5-6-11/h7,10-11,15H,5-6,8-9H2,1-4H3. The number of aromatic nitrogens is 2. The van der Waals surface area contributed by atoms with Gasteiger partial charge in [0.1, 0.15) is 0 Å². The molecule has 0 unspecified atom stereocenters. The van der Waals surface area contributed by atoms with Crippen LogP contribution in [0, 0.1) is 0 Å². The normalized spacial score (nSPS) is 16.8. The van der Waals surface area contributed by atoms with Crippen LogP contribution in [0.2, 0.25) is 0 Å². The van der Waals surface area contributed by atoms with E-state index in [0.29, 0.717) is 0 Å². The molecule has 17 heavy (non-hydrogen) atoms. The molecule has 1 aliphatic rings. The molecule has 0 saturated heterocycles. The van der Waals surface area contributed by atoms with Gasteiger partial charge in [-0.15, -0.1) is 0 Å². The lowest BCUT2D eigenvalue weighted by atomic mass is 10.0. The maximum Gasteiger partial charge on any atom is 0.0949 e. The molecule has 4 heteroatoms. The molecule has 1 aromatic heterocycles. The van der Waals surface area contributed by atoms with Gasteiger partial charge < -0.3 is 14.8 Å². The molecule has 0 spiro atoms. The zero-order valence-corrected chi connectivity index (χ0v) is 11.4. The van der Waals surface area contributed by atoms with E-state index >= 15 is 0 Å². The fourth-order valence-electron chi connectivity index (χ4n) is 1.73. The summed E-state index contributed by atoms with van der Waals surface area (Å²) in [5.41, 5.74) is 1.43. The molecule has 0 aliphatic heterocycles. The van der Waals surface area contributed by atoms with Crippen molar-refractivity contribution in [3.05, 3.63) is 18.2 Å². The first kappa shape index (κ1) is 12.6. The van der Waals surface area contributed by atoms with Crippen molar-refractivity contribution in [1.29, 1.82) is 0 Å². The molecular weight excluding hydrogens is 212 g/mol. The van der Waals surface area contributed by atoms with Gasteiger partial charge in [-0.1, -0.05) is 0 Å². The van der Waals surface area contributed by atoms with Gasteiger partial charge in [0.05, 0.1) is 12.0 Å². The zero-order chi connectivity index (χ0) is 12.5. The first-order valence-corrected chi connectivity index (χ1v) is 6.39. The summed E-state index contributed by atoms with van der Waals surface area (Å²) < 4.78 is 2.26. The molecule has 0 atom stereocenters. The maximum atomic E-state index is 4.27. The summed E-state index contributed by atoms with van der Waals surface area (Å²) in [7, 11) is 4.25. The Morgan fingerprint density at radius 3 is 2.76 bits per heavy atom. The van der Waals surface area contributed by atoms with Crippen LogP contribution in [0.25, 0.3) is 0 Å². The number of rotatable bonds is 6. The third-order valence-corrected chi connectivity index (χ3v) is 3.72. The molecule has 1 heterocycles. The van der Waals surface area contributed by atoms with Crippen molar-refractivity contribution in [3.8, 4) is 0 Å². The van der Waals surface area contributed by atoms with Crippen LogP contribution in [0.1, 0.15) is 32.4 Å². The van der Waals surface area contributed by atoms with Crippen molar-refractivity contribution in [2.45, 2.75) is 51.4 Å². The van der Waals surface area contributed by atoms with Crippen LogP contribution in [0.3, 0.4) is 0 Å². The summed E-state index contributed by atoms with van der Waals surface area (Å²) in [4.78, 5) is 6.52. The quantitative estimate of drug-likeness (QED) is 0.812. The summed E-state index contributed by atoms with van der Waals surface area (Å²) in [5.74, 6) is 0. The topological polar surface area (TPSA) is 33.1 Å². The van der Waals surface area contributed by atoms with Gasteiger partial charge in [0, 0.05) is 30.9 Å². The number of hydrogen-bond donors (Lipinski definition) is 1. The summed E-state index contributed by atoms with van der Waals surface area (Å²) in [5, 5.41) is 3.54. The van der Waals surface area contributed by atoms with Gasteiger partial charge in [-0.05, 0) is 40.8 Å². The molecule has 1 aromatic rings. The van der Waals surface area contributed by atoms with E-state index < -0.39 is 0 Å². The van der Waals surface area contributed by atoms with Crippen LogP contribution in [0.15, 0.2) is 12.5 Å². The third kappa shape index (κ3) is 3.30. The molecule has 0 radical (unpaired) electrons. The molecule has 96 valence electrons. The smallest absolute Gasteiger partial charge is 0.0949 e. The minimum Gasteiger partial charge on any atom is -0.332 e. The van der Waals surface area contributed by atoms with Gasteiger partial charge in [-0.25, -0.2) is 4.98 Å². The zero-order valence-electron chi connectivity index (χ0n) is 11.4. The monoisotopic (exact) mass is 236 g/mol. The van der Waals surface area contributed by atoms with E-state index in [9.17, 15) is 0 Å². The van der Waals surface area contributed by atoms with E-state index in [4.69, 9.17) is 0 Å². The molecule has 1 saturated carbocycles. The Hall–Kier alpha value is -0.870. The molecular formula is C13H24N4.